The zero-order valence-corrected chi connectivity index (χ0v) is 6.58. The SMILES string of the molecule is CCOC(F)C(=O)NOCC=O. The molecule has 0 fully saturated rings. The Hall–Kier alpha value is -1.01. The minimum atomic E-state index is -2.05. The number of aldehydes is 1. The van der Waals surface area contributed by atoms with E-state index in [4.69, 9.17) is 0 Å². The molecule has 0 rings (SSSR count). The molecule has 0 aliphatic carbocycles. The molecule has 1 N–H and O–H groups in total. The summed E-state index contributed by atoms with van der Waals surface area (Å²) in [5.41, 5.74) is 1.70. The number of nitrogens with one attached hydrogen (secondary N) is 1. The molecule has 70 valence electrons. The third-order valence-electron chi connectivity index (χ3n) is 0.843. The summed E-state index contributed by atoms with van der Waals surface area (Å²) in [6, 6.07) is 0. The van der Waals surface area contributed by atoms with E-state index in [0.717, 1.165) is 0 Å². The van der Waals surface area contributed by atoms with E-state index in [2.05, 4.69) is 9.57 Å². The van der Waals surface area contributed by atoms with Crippen molar-refractivity contribution in [3.63, 3.8) is 0 Å². The van der Waals surface area contributed by atoms with Crippen molar-refractivity contribution in [2.45, 2.75) is 13.3 Å². The van der Waals surface area contributed by atoms with E-state index < -0.39 is 12.3 Å². The third kappa shape index (κ3) is 4.75. The monoisotopic (exact) mass is 179 g/mol. The summed E-state index contributed by atoms with van der Waals surface area (Å²) in [5.74, 6) is -1.06. The second-order valence-corrected chi connectivity index (χ2v) is 1.72. The van der Waals surface area contributed by atoms with E-state index in [0.29, 0.717) is 6.29 Å². The fourth-order valence-electron chi connectivity index (χ4n) is 0.415. The third-order valence-corrected chi connectivity index (χ3v) is 0.843. The second-order valence-electron chi connectivity index (χ2n) is 1.72. The van der Waals surface area contributed by atoms with Crippen molar-refractivity contribution < 1.29 is 23.6 Å². The highest BCUT2D eigenvalue weighted by atomic mass is 19.1. The molecule has 0 bridgehead atoms. The molecule has 0 heterocycles. The lowest BCUT2D eigenvalue weighted by molar-refractivity contribution is -0.157. The maximum absolute atomic E-state index is 12.4. The lowest BCUT2D eigenvalue weighted by Crippen LogP contribution is -2.34. The summed E-state index contributed by atoms with van der Waals surface area (Å²) in [6.07, 6.45) is -1.63. The largest absolute Gasteiger partial charge is 0.341 e. The maximum atomic E-state index is 12.4. The van der Waals surface area contributed by atoms with Gasteiger partial charge in [0.15, 0.2) is 0 Å². The summed E-state index contributed by atoms with van der Waals surface area (Å²) < 4.78 is 16.7. The number of hydrogen-bond donors (Lipinski definition) is 1. The fraction of sp³-hybridized carbons (Fsp3) is 0.667. The number of amides is 1. The molecule has 0 aromatic heterocycles. The molecule has 1 amide bonds. The van der Waals surface area contributed by atoms with Gasteiger partial charge in [0.25, 0.3) is 6.36 Å². The molecule has 1 unspecified atom stereocenters. The van der Waals surface area contributed by atoms with Crippen molar-refractivity contribution in [1.29, 1.82) is 0 Å². The van der Waals surface area contributed by atoms with Crippen molar-refractivity contribution in [3.8, 4) is 0 Å². The Balaban J connectivity index is 3.49. The van der Waals surface area contributed by atoms with Crippen LogP contribution in [0.5, 0.6) is 0 Å². The first-order valence-corrected chi connectivity index (χ1v) is 3.33. The molecule has 0 aliphatic rings. The van der Waals surface area contributed by atoms with Crippen molar-refractivity contribution in [2.75, 3.05) is 13.2 Å². The van der Waals surface area contributed by atoms with Crippen LogP contribution in [0, 0.1) is 0 Å². The Morgan fingerprint density at radius 3 is 2.92 bits per heavy atom. The van der Waals surface area contributed by atoms with Gasteiger partial charge in [0.2, 0.25) is 0 Å². The minimum absolute atomic E-state index is 0.0856. The summed E-state index contributed by atoms with van der Waals surface area (Å²) in [4.78, 5) is 24.5. The molecule has 0 aromatic carbocycles. The average molecular weight is 179 g/mol. The Labute approximate surface area is 68.8 Å². The van der Waals surface area contributed by atoms with E-state index >= 15 is 0 Å². The van der Waals surface area contributed by atoms with Crippen LogP contribution in [0.2, 0.25) is 0 Å². The minimum Gasteiger partial charge on any atom is -0.341 e. The molecule has 0 spiro atoms. The Kier molecular flexibility index (Phi) is 6.12. The quantitative estimate of drug-likeness (QED) is 0.341. The van der Waals surface area contributed by atoms with Gasteiger partial charge in [-0.1, -0.05) is 0 Å². The molecular weight excluding hydrogens is 169 g/mol. The van der Waals surface area contributed by atoms with Gasteiger partial charge in [0.05, 0.1) is 0 Å². The maximum Gasteiger partial charge on any atom is 0.305 e. The van der Waals surface area contributed by atoms with E-state index in [9.17, 15) is 14.0 Å². The molecule has 0 aromatic rings. The van der Waals surface area contributed by atoms with Crippen LogP contribution in [0.1, 0.15) is 6.92 Å². The Bertz CT molecular complexity index is 152. The van der Waals surface area contributed by atoms with Crippen LogP contribution in [-0.2, 0) is 19.2 Å². The topological polar surface area (TPSA) is 64.6 Å². The van der Waals surface area contributed by atoms with Crippen LogP contribution in [-0.4, -0.2) is 31.8 Å². The lowest BCUT2D eigenvalue weighted by Gasteiger charge is -2.07. The summed E-state index contributed by atoms with van der Waals surface area (Å²) in [6.45, 7) is 1.32. The van der Waals surface area contributed by atoms with E-state index in [1.54, 1.807) is 12.4 Å². The molecule has 1 atom stereocenters. The van der Waals surface area contributed by atoms with Crippen molar-refractivity contribution in [1.82, 2.24) is 5.48 Å². The molecular formula is C6H10FNO4. The zero-order valence-electron chi connectivity index (χ0n) is 6.58. The van der Waals surface area contributed by atoms with Crippen molar-refractivity contribution in [2.24, 2.45) is 0 Å². The molecule has 0 radical (unpaired) electrons. The normalized spacial score (nSPS) is 12.2. The van der Waals surface area contributed by atoms with Crippen molar-refractivity contribution >= 4 is 12.2 Å². The Morgan fingerprint density at radius 2 is 2.42 bits per heavy atom. The van der Waals surface area contributed by atoms with Crippen LogP contribution in [0.15, 0.2) is 0 Å². The van der Waals surface area contributed by atoms with Crippen LogP contribution in [0.25, 0.3) is 0 Å². The van der Waals surface area contributed by atoms with Gasteiger partial charge < -0.3 is 9.53 Å². The van der Waals surface area contributed by atoms with E-state index in [1.165, 1.54) is 0 Å². The number of carbonyl (C=O) groups excluding carboxylic acids is 2. The zero-order chi connectivity index (χ0) is 9.40. The fourth-order valence-corrected chi connectivity index (χ4v) is 0.415. The van der Waals surface area contributed by atoms with Gasteiger partial charge >= 0.3 is 5.91 Å². The summed E-state index contributed by atoms with van der Waals surface area (Å²) in [7, 11) is 0. The first-order chi connectivity index (χ1) is 5.72. The number of carbonyl (C=O) groups is 2. The van der Waals surface area contributed by atoms with Gasteiger partial charge in [0.1, 0.15) is 12.9 Å². The van der Waals surface area contributed by atoms with Crippen LogP contribution in [0.3, 0.4) is 0 Å². The molecule has 5 nitrogen and oxygen atoms in total. The van der Waals surface area contributed by atoms with Crippen LogP contribution in [0.4, 0.5) is 4.39 Å². The number of hydroxylamine groups is 1. The first kappa shape index (κ1) is 11.0. The predicted molar refractivity (Wildman–Crippen MR) is 36.7 cm³/mol. The predicted octanol–water partition coefficient (Wildman–Crippen LogP) is -0.435. The molecule has 0 aliphatic heterocycles. The van der Waals surface area contributed by atoms with Gasteiger partial charge in [0, 0.05) is 6.61 Å². The lowest BCUT2D eigenvalue weighted by atomic mass is 10.6. The van der Waals surface area contributed by atoms with Gasteiger partial charge in [-0.2, -0.15) is 0 Å². The Morgan fingerprint density at radius 1 is 1.75 bits per heavy atom. The van der Waals surface area contributed by atoms with Gasteiger partial charge in [-0.25, -0.2) is 9.87 Å². The number of alkyl halides is 1. The van der Waals surface area contributed by atoms with Crippen LogP contribution >= 0.6 is 0 Å². The highest BCUT2D eigenvalue weighted by molar-refractivity contribution is 5.78. The first-order valence-electron chi connectivity index (χ1n) is 3.33. The number of rotatable bonds is 6. The van der Waals surface area contributed by atoms with E-state index in [-0.39, 0.29) is 13.2 Å². The second kappa shape index (κ2) is 6.68. The van der Waals surface area contributed by atoms with Gasteiger partial charge in [-0.3, -0.25) is 9.63 Å². The van der Waals surface area contributed by atoms with Crippen LogP contribution < -0.4 is 5.48 Å². The summed E-state index contributed by atoms with van der Waals surface area (Å²) >= 11 is 0. The smallest absolute Gasteiger partial charge is 0.305 e. The van der Waals surface area contributed by atoms with Gasteiger partial charge in [-0.05, 0) is 6.92 Å². The highest BCUT2D eigenvalue weighted by Crippen LogP contribution is 1.92. The van der Waals surface area contributed by atoms with Gasteiger partial charge in [-0.15, -0.1) is 0 Å². The highest BCUT2D eigenvalue weighted by Gasteiger charge is 2.16. The average Bonchev–Trinajstić information content (AvgIpc) is 2.05. The number of halogens is 1. The van der Waals surface area contributed by atoms with Crippen molar-refractivity contribution in [3.05, 3.63) is 0 Å². The molecule has 6 heteroatoms. The summed E-state index contributed by atoms with van der Waals surface area (Å²) in [5, 5.41) is 0. The number of ether oxygens (including phenoxy) is 1. The molecule has 0 saturated heterocycles. The molecule has 0 saturated carbocycles. The van der Waals surface area contributed by atoms with E-state index in [1.807, 2.05) is 0 Å². The molecule has 12 heavy (non-hydrogen) atoms. The number of hydrogen-bond acceptors (Lipinski definition) is 4. The standard InChI is InChI=1S/C6H10FNO4/c1-2-11-5(7)6(10)8-12-4-3-9/h3,5H,2,4H2,1H3,(H,8,10).